The molecule has 21 heavy (non-hydrogen) atoms. The molecule has 0 radical (unpaired) electrons. The second kappa shape index (κ2) is 7.36. The van der Waals surface area contributed by atoms with E-state index in [-0.39, 0.29) is 43.7 Å². The number of carbonyl (C=O) groups excluding carboxylic acids is 1. The van der Waals surface area contributed by atoms with Crippen molar-refractivity contribution in [3.05, 3.63) is 22.6 Å². The minimum absolute atomic E-state index is 0.103. The zero-order valence-corrected chi connectivity index (χ0v) is 11.9. The van der Waals surface area contributed by atoms with Crippen LogP contribution in [0, 0.1) is 10.1 Å². The summed E-state index contributed by atoms with van der Waals surface area (Å²) in [5.41, 5.74) is 0. The first-order valence-corrected chi connectivity index (χ1v) is 6.48. The number of aliphatic carboxylic acids is 1. The van der Waals surface area contributed by atoms with Gasteiger partial charge in [0.25, 0.3) is 0 Å². The Balaban J connectivity index is 2.56. The summed E-state index contributed by atoms with van der Waals surface area (Å²) in [5, 5.41) is 19.2. The fraction of sp³-hybridized carbons (Fsp3) is 0.583. The normalized spacial score (nSPS) is 10.6. The van der Waals surface area contributed by atoms with Gasteiger partial charge in [0.1, 0.15) is 6.20 Å². The predicted molar refractivity (Wildman–Crippen MR) is 72.6 cm³/mol. The van der Waals surface area contributed by atoms with Gasteiger partial charge in [-0.2, -0.15) is 0 Å². The Kier molecular flexibility index (Phi) is 5.82. The molecule has 1 aromatic rings. The Morgan fingerprint density at radius 1 is 1.48 bits per heavy atom. The van der Waals surface area contributed by atoms with Crippen molar-refractivity contribution in [2.75, 3.05) is 6.54 Å². The quantitative estimate of drug-likeness (QED) is 0.562. The van der Waals surface area contributed by atoms with Crippen LogP contribution in [-0.4, -0.2) is 48.9 Å². The van der Waals surface area contributed by atoms with Crippen LogP contribution in [0.2, 0.25) is 0 Å². The molecule has 0 aliphatic rings. The Morgan fingerprint density at radius 3 is 2.62 bits per heavy atom. The number of aryl methyl sites for hydroxylation is 1. The molecule has 9 heteroatoms. The summed E-state index contributed by atoms with van der Waals surface area (Å²) in [7, 11) is 0. The highest BCUT2D eigenvalue weighted by atomic mass is 16.6. The van der Waals surface area contributed by atoms with E-state index in [0.29, 0.717) is 0 Å². The molecule has 1 heterocycles. The van der Waals surface area contributed by atoms with Crippen molar-refractivity contribution in [2.45, 2.75) is 39.3 Å². The molecule has 1 amide bonds. The first kappa shape index (κ1) is 16.6. The number of imidazole rings is 1. The standard InChI is InChI=1S/C12H18N4O5/c1-9(2)15(6-4-12(18)19)11(17)3-5-14-7-10(13-8-14)16(20)21/h7-9H,3-6H2,1-2H3,(H,18,19). The maximum absolute atomic E-state index is 12.1. The lowest BCUT2D eigenvalue weighted by Crippen LogP contribution is -2.38. The van der Waals surface area contributed by atoms with E-state index >= 15 is 0 Å². The van der Waals surface area contributed by atoms with Crippen molar-refractivity contribution < 1.29 is 19.6 Å². The van der Waals surface area contributed by atoms with Gasteiger partial charge in [-0.15, -0.1) is 0 Å². The lowest BCUT2D eigenvalue weighted by atomic mass is 10.2. The number of nitrogens with zero attached hydrogens (tertiary/aromatic N) is 4. The Hall–Kier alpha value is -2.45. The smallest absolute Gasteiger partial charge is 0.381 e. The Labute approximate surface area is 121 Å². The fourth-order valence-corrected chi connectivity index (χ4v) is 1.82. The van der Waals surface area contributed by atoms with Gasteiger partial charge in [-0.05, 0) is 23.8 Å². The Morgan fingerprint density at radius 2 is 2.14 bits per heavy atom. The van der Waals surface area contributed by atoms with E-state index in [1.165, 1.54) is 22.0 Å². The highest BCUT2D eigenvalue weighted by molar-refractivity contribution is 5.77. The maximum atomic E-state index is 12.1. The third-order valence-electron chi connectivity index (χ3n) is 2.90. The van der Waals surface area contributed by atoms with Gasteiger partial charge >= 0.3 is 11.8 Å². The lowest BCUT2D eigenvalue weighted by Gasteiger charge is -2.26. The number of hydrogen-bond acceptors (Lipinski definition) is 5. The molecule has 9 nitrogen and oxygen atoms in total. The highest BCUT2D eigenvalue weighted by Crippen LogP contribution is 2.08. The molecule has 0 spiro atoms. The zero-order valence-electron chi connectivity index (χ0n) is 11.9. The van der Waals surface area contributed by atoms with Crippen LogP contribution in [0.15, 0.2) is 12.5 Å². The van der Waals surface area contributed by atoms with E-state index in [2.05, 4.69) is 4.98 Å². The van der Waals surface area contributed by atoms with Crippen molar-refractivity contribution in [1.82, 2.24) is 14.5 Å². The number of nitro groups is 1. The number of carboxylic acid groups (broad SMARTS) is 1. The van der Waals surface area contributed by atoms with E-state index in [0.717, 1.165) is 0 Å². The molecule has 1 N–H and O–H groups in total. The van der Waals surface area contributed by atoms with Crippen LogP contribution in [0.4, 0.5) is 5.82 Å². The number of hydrogen-bond donors (Lipinski definition) is 1. The summed E-state index contributed by atoms with van der Waals surface area (Å²) in [6, 6.07) is -0.103. The van der Waals surface area contributed by atoms with Crippen LogP contribution in [0.3, 0.4) is 0 Å². The third kappa shape index (κ3) is 5.21. The van der Waals surface area contributed by atoms with Crippen LogP contribution in [0.5, 0.6) is 0 Å². The first-order chi connectivity index (χ1) is 9.81. The van der Waals surface area contributed by atoms with Gasteiger partial charge in [-0.3, -0.25) is 9.59 Å². The van der Waals surface area contributed by atoms with E-state index in [1.807, 2.05) is 13.8 Å². The van der Waals surface area contributed by atoms with Gasteiger partial charge in [0.2, 0.25) is 12.2 Å². The Bertz CT molecular complexity index is 525. The molecule has 0 aliphatic heterocycles. The largest absolute Gasteiger partial charge is 0.481 e. The van der Waals surface area contributed by atoms with E-state index in [4.69, 9.17) is 5.11 Å². The molecular weight excluding hydrogens is 280 g/mol. The van der Waals surface area contributed by atoms with Gasteiger partial charge in [-0.1, -0.05) is 0 Å². The topological polar surface area (TPSA) is 119 Å². The molecule has 0 unspecified atom stereocenters. The maximum Gasteiger partial charge on any atom is 0.381 e. The van der Waals surface area contributed by atoms with Gasteiger partial charge in [0, 0.05) is 25.6 Å². The van der Waals surface area contributed by atoms with Crippen LogP contribution < -0.4 is 0 Å². The molecule has 0 saturated carbocycles. The minimum Gasteiger partial charge on any atom is -0.481 e. The number of aromatic nitrogens is 2. The molecular formula is C12H18N4O5. The summed E-state index contributed by atoms with van der Waals surface area (Å²) in [6.07, 6.45) is 2.57. The van der Waals surface area contributed by atoms with Gasteiger partial charge in [0.05, 0.1) is 6.42 Å². The minimum atomic E-state index is -0.960. The molecule has 1 aromatic heterocycles. The second-order valence-corrected chi connectivity index (χ2v) is 4.80. The molecule has 0 aromatic carbocycles. The zero-order chi connectivity index (χ0) is 16.0. The summed E-state index contributed by atoms with van der Waals surface area (Å²) < 4.78 is 1.46. The van der Waals surface area contributed by atoms with Crippen LogP contribution in [-0.2, 0) is 16.1 Å². The predicted octanol–water partition coefficient (Wildman–Crippen LogP) is 0.893. The van der Waals surface area contributed by atoms with Crippen LogP contribution in [0.25, 0.3) is 0 Å². The number of carboxylic acids is 1. The van der Waals surface area contributed by atoms with E-state index in [1.54, 1.807) is 0 Å². The average Bonchev–Trinajstić information content (AvgIpc) is 2.84. The van der Waals surface area contributed by atoms with E-state index < -0.39 is 10.9 Å². The average molecular weight is 298 g/mol. The van der Waals surface area contributed by atoms with Gasteiger partial charge < -0.3 is 24.7 Å². The first-order valence-electron chi connectivity index (χ1n) is 6.48. The lowest BCUT2D eigenvalue weighted by molar-refractivity contribution is -0.389. The molecule has 0 saturated heterocycles. The third-order valence-corrected chi connectivity index (χ3v) is 2.90. The number of rotatable bonds is 8. The number of carbonyl (C=O) groups is 2. The summed E-state index contributed by atoms with van der Waals surface area (Å²) >= 11 is 0. The molecule has 0 bridgehead atoms. The molecule has 1 rings (SSSR count). The number of amides is 1. The molecule has 116 valence electrons. The van der Waals surface area contributed by atoms with Crippen LogP contribution >= 0.6 is 0 Å². The summed E-state index contributed by atoms with van der Waals surface area (Å²) in [6.45, 7) is 4.02. The fourth-order valence-electron chi connectivity index (χ4n) is 1.82. The van der Waals surface area contributed by atoms with Gasteiger partial charge in [-0.25, -0.2) is 0 Å². The van der Waals surface area contributed by atoms with Crippen molar-refractivity contribution in [3.63, 3.8) is 0 Å². The van der Waals surface area contributed by atoms with Crippen LogP contribution in [0.1, 0.15) is 26.7 Å². The van der Waals surface area contributed by atoms with Crippen molar-refractivity contribution >= 4 is 17.7 Å². The van der Waals surface area contributed by atoms with E-state index in [9.17, 15) is 19.7 Å². The molecule has 0 fully saturated rings. The molecule has 0 atom stereocenters. The second-order valence-electron chi connectivity index (χ2n) is 4.80. The summed E-state index contributed by atoms with van der Waals surface area (Å²) in [5.74, 6) is -1.42. The summed E-state index contributed by atoms with van der Waals surface area (Å²) in [4.78, 5) is 37.6. The molecule has 0 aliphatic carbocycles. The monoisotopic (exact) mass is 298 g/mol. The van der Waals surface area contributed by atoms with Gasteiger partial charge in [0.15, 0.2) is 0 Å². The van der Waals surface area contributed by atoms with Crippen molar-refractivity contribution in [3.8, 4) is 0 Å². The van der Waals surface area contributed by atoms with Crippen molar-refractivity contribution in [2.24, 2.45) is 0 Å². The SMILES string of the molecule is CC(C)N(CCC(=O)O)C(=O)CCn1cnc([N+](=O)[O-])c1. The highest BCUT2D eigenvalue weighted by Gasteiger charge is 2.18. The van der Waals surface area contributed by atoms with Crippen molar-refractivity contribution in [1.29, 1.82) is 0 Å².